The molecule has 1 aliphatic heterocycles. The maximum absolute atomic E-state index is 12.3. The number of nitro benzene ring substituents is 1. The van der Waals surface area contributed by atoms with Crippen molar-refractivity contribution < 1.29 is 24.4 Å². The van der Waals surface area contributed by atoms with Crippen LogP contribution in [-0.2, 0) is 4.79 Å². The number of nitrogens with zero attached hydrogens (tertiary/aromatic N) is 2. The first-order valence-electron chi connectivity index (χ1n) is 7.48. The molecule has 1 aromatic carbocycles. The van der Waals surface area contributed by atoms with Crippen molar-refractivity contribution in [2.24, 2.45) is 0 Å². The number of likely N-dealkylation sites (tertiary alicyclic amines) is 1. The summed E-state index contributed by atoms with van der Waals surface area (Å²) in [6.07, 6.45) is 2.13. The average molecular weight is 333 g/mol. The Balaban J connectivity index is 1.76. The number of nitro groups is 1. The minimum Gasteiger partial charge on any atom is -0.478 e. The van der Waals surface area contributed by atoms with Crippen LogP contribution in [0.3, 0.4) is 0 Å². The average Bonchev–Trinajstić information content (AvgIpc) is 3.30. The normalized spacial score (nSPS) is 20.1. The van der Waals surface area contributed by atoms with Gasteiger partial charge in [0.05, 0.1) is 16.5 Å². The third kappa shape index (κ3) is 3.19. The number of hydrogen-bond acceptors (Lipinski definition) is 5. The van der Waals surface area contributed by atoms with E-state index in [2.05, 4.69) is 5.32 Å². The van der Waals surface area contributed by atoms with E-state index < -0.39 is 22.5 Å². The van der Waals surface area contributed by atoms with Crippen molar-refractivity contribution in [2.45, 2.75) is 31.3 Å². The van der Waals surface area contributed by atoms with Crippen LogP contribution in [0, 0.1) is 10.1 Å². The summed E-state index contributed by atoms with van der Waals surface area (Å²) in [4.78, 5) is 47.1. The number of amides is 2. The largest absolute Gasteiger partial charge is 0.478 e. The van der Waals surface area contributed by atoms with Crippen LogP contribution in [0.1, 0.15) is 40.0 Å². The Morgan fingerprint density at radius 1 is 1.25 bits per heavy atom. The van der Waals surface area contributed by atoms with E-state index >= 15 is 0 Å². The zero-order chi connectivity index (χ0) is 17.4. The Morgan fingerprint density at radius 2 is 1.92 bits per heavy atom. The minimum atomic E-state index is -1.36. The molecule has 3 rings (SSSR count). The van der Waals surface area contributed by atoms with Crippen LogP contribution in [-0.4, -0.2) is 51.3 Å². The Morgan fingerprint density at radius 3 is 2.50 bits per heavy atom. The van der Waals surface area contributed by atoms with E-state index in [-0.39, 0.29) is 35.5 Å². The molecule has 9 heteroatoms. The molecular formula is C15H15N3O6. The van der Waals surface area contributed by atoms with E-state index in [0.717, 1.165) is 31.0 Å². The van der Waals surface area contributed by atoms with Crippen molar-refractivity contribution in [1.29, 1.82) is 0 Å². The Hall–Kier alpha value is -2.97. The topological polar surface area (TPSA) is 130 Å². The second-order valence-electron chi connectivity index (χ2n) is 5.98. The van der Waals surface area contributed by atoms with Crippen LogP contribution in [0.4, 0.5) is 5.69 Å². The van der Waals surface area contributed by atoms with Gasteiger partial charge in [-0.3, -0.25) is 19.7 Å². The highest BCUT2D eigenvalue weighted by Gasteiger charge is 2.39. The second-order valence-corrected chi connectivity index (χ2v) is 5.98. The zero-order valence-corrected chi connectivity index (χ0v) is 12.6. The Bertz CT molecular complexity index is 710. The molecule has 1 unspecified atom stereocenters. The number of rotatable bonds is 5. The fourth-order valence-corrected chi connectivity index (χ4v) is 2.81. The van der Waals surface area contributed by atoms with Gasteiger partial charge in [-0.1, -0.05) is 0 Å². The van der Waals surface area contributed by atoms with Gasteiger partial charge >= 0.3 is 5.97 Å². The van der Waals surface area contributed by atoms with Gasteiger partial charge in [-0.25, -0.2) is 4.79 Å². The molecule has 2 fully saturated rings. The first-order chi connectivity index (χ1) is 11.3. The number of carbonyl (C=O) groups is 3. The van der Waals surface area contributed by atoms with Crippen LogP contribution in [0.5, 0.6) is 0 Å². The fourth-order valence-electron chi connectivity index (χ4n) is 2.81. The Kier molecular flexibility index (Phi) is 3.92. The molecule has 1 saturated heterocycles. The summed E-state index contributed by atoms with van der Waals surface area (Å²) < 4.78 is 0. The summed E-state index contributed by atoms with van der Waals surface area (Å²) in [5, 5.41) is 22.6. The number of carboxylic acids is 1. The minimum absolute atomic E-state index is 0.0203. The van der Waals surface area contributed by atoms with E-state index in [1.165, 1.54) is 0 Å². The monoisotopic (exact) mass is 333 g/mol. The van der Waals surface area contributed by atoms with E-state index in [1.807, 2.05) is 0 Å². The van der Waals surface area contributed by atoms with Gasteiger partial charge in [0.25, 0.3) is 11.6 Å². The predicted octanol–water partition coefficient (Wildman–Crippen LogP) is 0.786. The maximum Gasteiger partial charge on any atom is 0.335 e. The van der Waals surface area contributed by atoms with Gasteiger partial charge in [0.15, 0.2) is 0 Å². The molecule has 2 aliphatic rings. The smallest absolute Gasteiger partial charge is 0.335 e. The van der Waals surface area contributed by atoms with Crippen LogP contribution >= 0.6 is 0 Å². The van der Waals surface area contributed by atoms with Crippen molar-refractivity contribution in [3.63, 3.8) is 0 Å². The second kappa shape index (κ2) is 5.91. The standard InChI is InChI=1S/C15H15N3O6/c19-13-6-10(7-17(13)11-1-2-11)16-14(20)8-3-9(15(21)22)5-12(4-8)18(23)24/h3-5,10-11H,1-2,6-7H2,(H,16,20)(H,21,22). The fraction of sp³-hybridized carbons (Fsp3) is 0.400. The van der Waals surface area contributed by atoms with E-state index in [0.29, 0.717) is 6.54 Å². The first kappa shape index (κ1) is 15.9. The third-order valence-electron chi connectivity index (χ3n) is 4.12. The summed E-state index contributed by atoms with van der Waals surface area (Å²) in [7, 11) is 0. The lowest BCUT2D eigenvalue weighted by molar-refractivity contribution is -0.384. The summed E-state index contributed by atoms with van der Waals surface area (Å²) in [5.41, 5.74) is -0.919. The van der Waals surface area contributed by atoms with Gasteiger partial charge in [-0.2, -0.15) is 0 Å². The number of hydrogen-bond donors (Lipinski definition) is 2. The van der Waals surface area contributed by atoms with Crippen LogP contribution < -0.4 is 5.32 Å². The molecule has 0 aromatic heterocycles. The van der Waals surface area contributed by atoms with Crippen LogP contribution in [0.2, 0.25) is 0 Å². The SMILES string of the molecule is O=C(O)c1cc(C(=O)NC2CC(=O)N(C3CC3)C2)cc([N+](=O)[O-])c1. The number of carbonyl (C=O) groups excluding carboxylic acids is 2. The predicted molar refractivity (Wildman–Crippen MR) is 80.7 cm³/mol. The molecule has 2 N–H and O–H groups in total. The number of benzene rings is 1. The van der Waals surface area contributed by atoms with Gasteiger partial charge in [0.2, 0.25) is 5.91 Å². The number of aromatic carboxylic acids is 1. The van der Waals surface area contributed by atoms with E-state index in [1.54, 1.807) is 4.90 Å². The molecule has 9 nitrogen and oxygen atoms in total. The lowest BCUT2D eigenvalue weighted by Gasteiger charge is -2.16. The quantitative estimate of drug-likeness (QED) is 0.605. The number of carboxylic acid groups (broad SMARTS) is 1. The summed E-state index contributed by atoms with van der Waals surface area (Å²) in [6, 6.07) is 2.89. The van der Waals surface area contributed by atoms with Crippen LogP contribution in [0.25, 0.3) is 0 Å². The molecule has 1 aromatic rings. The lowest BCUT2D eigenvalue weighted by atomic mass is 10.1. The third-order valence-corrected chi connectivity index (χ3v) is 4.12. The van der Waals surface area contributed by atoms with Gasteiger partial charge < -0.3 is 15.3 Å². The molecule has 24 heavy (non-hydrogen) atoms. The van der Waals surface area contributed by atoms with Gasteiger partial charge in [0.1, 0.15) is 0 Å². The molecule has 1 saturated carbocycles. The van der Waals surface area contributed by atoms with Gasteiger partial charge in [-0.15, -0.1) is 0 Å². The number of nitrogens with one attached hydrogen (secondary N) is 1. The highest BCUT2D eigenvalue weighted by molar-refractivity contribution is 5.99. The van der Waals surface area contributed by atoms with Crippen molar-refractivity contribution in [3.8, 4) is 0 Å². The summed E-state index contributed by atoms with van der Waals surface area (Å²) in [5.74, 6) is -2.01. The van der Waals surface area contributed by atoms with Crippen LogP contribution in [0.15, 0.2) is 18.2 Å². The number of non-ortho nitro benzene ring substituents is 1. The van der Waals surface area contributed by atoms with Crippen molar-refractivity contribution in [2.75, 3.05) is 6.54 Å². The van der Waals surface area contributed by atoms with E-state index in [4.69, 9.17) is 5.11 Å². The molecule has 2 amide bonds. The molecule has 1 aliphatic carbocycles. The molecule has 0 bridgehead atoms. The molecular weight excluding hydrogens is 318 g/mol. The molecule has 1 heterocycles. The van der Waals surface area contributed by atoms with Crippen molar-refractivity contribution in [1.82, 2.24) is 10.2 Å². The zero-order valence-electron chi connectivity index (χ0n) is 12.6. The Labute approximate surface area is 136 Å². The molecule has 126 valence electrons. The van der Waals surface area contributed by atoms with Gasteiger partial charge in [-0.05, 0) is 18.9 Å². The van der Waals surface area contributed by atoms with Gasteiger partial charge in [0, 0.05) is 36.7 Å². The summed E-state index contributed by atoms with van der Waals surface area (Å²) in [6.45, 7) is 0.413. The highest BCUT2D eigenvalue weighted by atomic mass is 16.6. The summed E-state index contributed by atoms with van der Waals surface area (Å²) >= 11 is 0. The van der Waals surface area contributed by atoms with E-state index in [9.17, 15) is 24.5 Å². The van der Waals surface area contributed by atoms with Crippen molar-refractivity contribution >= 4 is 23.5 Å². The lowest BCUT2D eigenvalue weighted by Crippen LogP contribution is -2.37. The molecule has 0 radical (unpaired) electrons. The maximum atomic E-state index is 12.3. The van der Waals surface area contributed by atoms with Crippen molar-refractivity contribution in [3.05, 3.63) is 39.4 Å². The molecule has 0 spiro atoms. The first-order valence-corrected chi connectivity index (χ1v) is 7.48. The molecule has 1 atom stereocenters. The highest BCUT2D eigenvalue weighted by Crippen LogP contribution is 2.30.